The Morgan fingerprint density at radius 2 is 1.18 bits per heavy atom. The monoisotopic (exact) mass is 645 g/mol. The van der Waals surface area contributed by atoms with E-state index >= 15 is 0 Å². The topological polar surface area (TPSA) is 287 Å². The number of aliphatic hydroxyl groups excluding tert-OH is 10. The molecule has 0 saturated carbocycles. The zero-order valence-corrected chi connectivity index (χ0v) is 24.4. The highest BCUT2D eigenvalue weighted by Crippen LogP contribution is 2.32. The number of ether oxygens (including phenoxy) is 6. The Morgan fingerprint density at radius 3 is 1.80 bits per heavy atom. The van der Waals surface area contributed by atoms with Crippen LogP contribution in [-0.4, -0.2) is 182 Å². The molecule has 15 atom stereocenters. The maximum atomic E-state index is 11.7. The molecular weight excluding hydrogens is 598 g/mol. The molecule has 0 aromatic carbocycles. The van der Waals surface area contributed by atoms with E-state index in [1.165, 1.54) is 0 Å². The molecule has 18 heteroatoms. The minimum atomic E-state index is -1.91. The summed E-state index contributed by atoms with van der Waals surface area (Å²) in [7, 11) is 0. The van der Waals surface area contributed by atoms with Gasteiger partial charge in [-0.15, -0.1) is 0 Å². The molecule has 3 rings (SSSR count). The third-order valence-corrected chi connectivity index (χ3v) is 7.76. The fourth-order valence-electron chi connectivity index (χ4n) is 5.10. The molecule has 0 bridgehead atoms. The molecule has 3 aliphatic rings. The van der Waals surface area contributed by atoms with E-state index in [4.69, 9.17) is 28.4 Å². The second-order valence-electron chi connectivity index (χ2n) is 11.0. The van der Waals surface area contributed by atoms with Crippen LogP contribution < -0.4 is 5.32 Å². The maximum Gasteiger partial charge on any atom is 0.219 e. The van der Waals surface area contributed by atoms with Gasteiger partial charge in [0.2, 0.25) is 5.91 Å². The zero-order chi connectivity index (χ0) is 32.6. The van der Waals surface area contributed by atoms with Crippen molar-refractivity contribution in [2.75, 3.05) is 33.0 Å². The fraction of sp³-hybridized carbons (Fsp3) is 0.962. The van der Waals surface area contributed by atoms with Crippen LogP contribution in [0.3, 0.4) is 0 Å². The van der Waals surface area contributed by atoms with Gasteiger partial charge >= 0.3 is 0 Å². The Kier molecular flexibility index (Phi) is 15.0. The van der Waals surface area contributed by atoms with Crippen molar-refractivity contribution in [2.45, 2.75) is 125 Å². The quantitative estimate of drug-likeness (QED) is 0.0739. The van der Waals surface area contributed by atoms with Crippen LogP contribution >= 0.6 is 0 Å². The molecule has 0 spiro atoms. The number of hydrogen-bond donors (Lipinski definition) is 11. The van der Waals surface area contributed by atoms with Gasteiger partial charge in [0.15, 0.2) is 18.9 Å². The van der Waals surface area contributed by atoms with E-state index < -0.39 is 112 Å². The Bertz CT molecular complexity index is 853. The lowest BCUT2D eigenvalue weighted by atomic mass is 9.96. The van der Waals surface area contributed by atoms with Crippen LogP contribution in [0.1, 0.15) is 32.6 Å². The van der Waals surface area contributed by atoms with Crippen LogP contribution in [0.5, 0.6) is 0 Å². The lowest BCUT2D eigenvalue weighted by Gasteiger charge is -2.48. The number of carbonyl (C=O) groups excluding carboxylic acids is 1. The molecule has 0 radical (unpaired) electrons. The van der Waals surface area contributed by atoms with Crippen molar-refractivity contribution in [3.63, 3.8) is 0 Å². The average Bonchev–Trinajstić information content (AvgIpc) is 3.02. The largest absolute Gasteiger partial charge is 0.394 e. The molecule has 1 amide bonds. The van der Waals surface area contributed by atoms with Crippen molar-refractivity contribution < 1.29 is 84.3 Å². The van der Waals surface area contributed by atoms with E-state index in [-0.39, 0.29) is 12.5 Å². The first-order valence-corrected chi connectivity index (χ1v) is 14.7. The number of hydrogen-bond acceptors (Lipinski definition) is 17. The molecule has 3 fully saturated rings. The van der Waals surface area contributed by atoms with Crippen molar-refractivity contribution >= 4 is 5.91 Å². The predicted molar refractivity (Wildman–Crippen MR) is 142 cm³/mol. The normalized spacial score (nSPS) is 43.1. The fourth-order valence-corrected chi connectivity index (χ4v) is 5.10. The molecule has 3 aliphatic heterocycles. The first-order chi connectivity index (χ1) is 21.0. The number of aliphatic hydroxyl groups is 10. The summed E-state index contributed by atoms with van der Waals surface area (Å²) in [5.74, 6) is -0.0968. The third-order valence-electron chi connectivity index (χ3n) is 7.76. The van der Waals surface area contributed by atoms with Gasteiger partial charge in [0.25, 0.3) is 0 Å². The molecular formula is C26H47NO17. The third kappa shape index (κ3) is 9.00. The van der Waals surface area contributed by atoms with Crippen LogP contribution in [0, 0.1) is 0 Å². The van der Waals surface area contributed by atoms with Crippen molar-refractivity contribution in [1.29, 1.82) is 0 Å². The second kappa shape index (κ2) is 17.7. The van der Waals surface area contributed by atoms with E-state index in [9.17, 15) is 55.9 Å². The Morgan fingerprint density at radius 1 is 0.636 bits per heavy atom. The SMILES string of the molecule is CCCCC(=O)NCCCO[C@@H]1OC(CO)[C@@H](O[C@@H]2O[C@@H](CO)[C@H](O)C(O[C@H]3OC(CO)[C@H](O)C(O)[C@@H]3O)C2O)C(O)[C@@H]1O. The van der Waals surface area contributed by atoms with E-state index in [1.807, 2.05) is 6.92 Å². The zero-order valence-electron chi connectivity index (χ0n) is 24.4. The summed E-state index contributed by atoms with van der Waals surface area (Å²) in [6, 6.07) is 0. The lowest BCUT2D eigenvalue weighted by molar-refractivity contribution is -0.380. The summed E-state index contributed by atoms with van der Waals surface area (Å²) in [5, 5.41) is 105. The van der Waals surface area contributed by atoms with Crippen LogP contribution in [-0.2, 0) is 33.2 Å². The second-order valence-corrected chi connectivity index (χ2v) is 11.0. The lowest BCUT2D eigenvalue weighted by Crippen LogP contribution is -2.66. The first kappa shape index (κ1) is 37.3. The Balaban J connectivity index is 1.62. The predicted octanol–water partition coefficient (Wildman–Crippen LogP) is -5.85. The minimum absolute atomic E-state index is 0.0314. The number of amides is 1. The Labute approximate surface area is 253 Å². The van der Waals surface area contributed by atoms with Gasteiger partial charge in [-0.1, -0.05) is 13.3 Å². The number of rotatable bonds is 15. The van der Waals surface area contributed by atoms with Gasteiger partial charge in [-0.25, -0.2) is 0 Å². The summed E-state index contributed by atoms with van der Waals surface area (Å²) in [6.07, 6.45) is -22.3. The van der Waals surface area contributed by atoms with Crippen molar-refractivity contribution in [3.8, 4) is 0 Å². The first-order valence-electron chi connectivity index (χ1n) is 14.7. The molecule has 0 aliphatic carbocycles. The van der Waals surface area contributed by atoms with Gasteiger partial charge in [0.05, 0.1) is 26.4 Å². The van der Waals surface area contributed by atoms with Crippen molar-refractivity contribution in [2.24, 2.45) is 0 Å². The van der Waals surface area contributed by atoms with Crippen molar-refractivity contribution in [1.82, 2.24) is 5.32 Å². The van der Waals surface area contributed by atoms with Crippen LogP contribution in [0.25, 0.3) is 0 Å². The van der Waals surface area contributed by atoms with E-state index in [1.54, 1.807) is 0 Å². The number of nitrogens with one attached hydrogen (secondary N) is 1. The molecule has 3 heterocycles. The highest BCUT2D eigenvalue weighted by molar-refractivity contribution is 5.75. The summed E-state index contributed by atoms with van der Waals surface area (Å²) in [4.78, 5) is 11.7. The highest BCUT2D eigenvalue weighted by Gasteiger charge is 2.53. The average molecular weight is 646 g/mol. The molecule has 0 aromatic rings. The minimum Gasteiger partial charge on any atom is -0.394 e. The molecule has 258 valence electrons. The van der Waals surface area contributed by atoms with Gasteiger partial charge < -0.3 is 84.8 Å². The molecule has 3 saturated heterocycles. The standard InChI is InChI=1S/C26H47NO17/c1-2-3-5-14(31)27-6-4-7-39-24-20(37)18(35)22(13(10-30)42-24)43-26-21(38)23(16(33)12(9-29)41-26)44-25-19(36)17(34)15(32)11(8-28)40-25/h11-13,15-26,28-30,32-38H,2-10H2,1H3,(H,27,31)/t11?,12-,13?,15-,16-,17?,18?,19-,20-,21?,22+,23?,24+,25+,26-/m0/s1. The summed E-state index contributed by atoms with van der Waals surface area (Å²) >= 11 is 0. The van der Waals surface area contributed by atoms with Gasteiger partial charge in [-0.05, 0) is 12.8 Å². The van der Waals surface area contributed by atoms with E-state index in [0.717, 1.165) is 12.8 Å². The Hall–Kier alpha value is -1.17. The highest BCUT2D eigenvalue weighted by atomic mass is 16.8. The number of unbranched alkanes of at least 4 members (excludes halogenated alkanes) is 1. The van der Waals surface area contributed by atoms with Crippen LogP contribution in [0.15, 0.2) is 0 Å². The van der Waals surface area contributed by atoms with Crippen molar-refractivity contribution in [3.05, 3.63) is 0 Å². The molecule has 44 heavy (non-hydrogen) atoms. The van der Waals surface area contributed by atoms with Gasteiger partial charge in [0.1, 0.15) is 73.2 Å². The van der Waals surface area contributed by atoms with Crippen LogP contribution in [0.4, 0.5) is 0 Å². The van der Waals surface area contributed by atoms with Gasteiger partial charge in [-0.3, -0.25) is 4.79 Å². The van der Waals surface area contributed by atoms with Crippen LogP contribution in [0.2, 0.25) is 0 Å². The smallest absolute Gasteiger partial charge is 0.219 e. The number of carbonyl (C=O) groups is 1. The molecule has 11 N–H and O–H groups in total. The van der Waals surface area contributed by atoms with Gasteiger partial charge in [0, 0.05) is 13.0 Å². The molecule has 18 nitrogen and oxygen atoms in total. The van der Waals surface area contributed by atoms with E-state index in [2.05, 4.69) is 5.32 Å². The van der Waals surface area contributed by atoms with Gasteiger partial charge in [-0.2, -0.15) is 0 Å². The summed E-state index contributed by atoms with van der Waals surface area (Å²) in [5.41, 5.74) is 0. The molecule has 6 unspecified atom stereocenters. The molecule has 0 aromatic heterocycles. The summed E-state index contributed by atoms with van der Waals surface area (Å²) < 4.78 is 33.0. The summed E-state index contributed by atoms with van der Waals surface area (Å²) in [6.45, 7) is 0.00179. The maximum absolute atomic E-state index is 11.7. The van der Waals surface area contributed by atoms with E-state index in [0.29, 0.717) is 19.4 Å².